The molecule has 1 unspecified atom stereocenters. The second-order valence-electron chi connectivity index (χ2n) is 7.69. The molecule has 0 aliphatic carbocycles. The van der Waals surface area contributed by atoms with E-state index in [2.05, 4.69) is 87.7 Å². The first-order valence-electron chi connectivity index (χ1n) is 9.18. The smallest absolute Gasteiger partial charge is 0.150 e. The van der Waals surface area contributed by atoms with Crippen molar-refractivity contribution < 1.29 is 0 Å². The summed E-state index contributed by atoms with van der Waals surface area (Å²) in [7, 11) is 0. The molecule has 0 amide bonds. The monoisotopic (exact) mass is 409 g/mol. The molecule has 7 heteroatoms. The van der Waals surface area contributed by atoms with Crippen molar-refractivity contribution in [2.45, 2.75) is 32.0 Å². The molecule has 2 N–H and O–H groups in total. The third-order valence-electron chi connectivity index (χ3n) is 5.55. The molecule has 2 aromatic carbocycles. The van der Waals surface area contributed by atoms with Gasteiger partial charge in [0.05, 0.1) is 0 Å². The first-order chi connectivity index (χ1) is 13.5. The Labute approximate surface area is 172 Å². The van der Waals surface area contributed by atoms with Crippen LogP contribution in [0.1, 0.15) is 25.0 Å². The van der Waals surface area contributed by atoms with Gasteiger partial charge in [-0.15, -0.1) is 16.5 Å². The molecule has 28 heavy (non-hydrogen) atoms. The summed E-state index contributed by atoms with van der Waals surface area (Å²) < 4.78 is 3.59. The van der Waals surface area contributed by atoms with Crippen LogP contribution in [-0.4, -0.2) is 10.7 Å². The number of fused-ring (bicyclic) bond motifs is 2. The Morgan fingerprint density at radius 1 is 1.18 bits per heavy atom. The van der Waals surface area contributed by atoms with Gasteiger partial charge in [-0.3, -0.25) is 0 Å². The number of thiophene rings is 1. The third kappa shape index (κ3) is 2.80. The summed E-state index contributed by atoms with van der Waals surface area (Å²) in [5.41, 5.74) is 9.42. The number of hydrazine groups is 1. The second kappa shape index (κ2) is 6.58. The number of rotatable bonds is 4. The summed E-state index contributed by atoms with van der Waals surface area (Å²) in [4.78, 5) is 0. The van der Waals surface area contributed by atoms with Crippen molar-refractivity contribution in [1.82, 2.24) is 15.5 Å². The fraction of sp³-hybridized carbons (Fsp3) is 0.238. The molecule has 1 aliphatic heterocycles. The van der Waals surface area contributed by atoms with Crippen molar-refractivity contribution in [3.8, 4) is 0 Å². The van der Waals surface area contributed by atoms with E-state index in [1.807, 2.05) is 6.07 Å². The minimum atomic E-state index is -0.224. The van der Waals surface area contributed by atoms with E-state index in [-0.39, 0.29) is 11.6 Å². The number of para-hydroxylation sites is 1. The molecule has 3 heterocycles. The highest BCUT2D eigenvalue weighted by Gasteiger charge is 2.36. The maximum absolute atomic E-state index is 6.25. The molecule has 5 nitrogen and oxygen atoms in total. The summed E-state index contributed by atoms with van der Waals surface area (Å²) in [6, 6.07) is 14.7. The summed E-state index contributed by atoms with van der Waals surface area (Å²) in [6.45, 7) is 5.19. The molecule has 1 atom stereocenters. The van der Waals surface area contributed by atoms with Gasteiger partial charge in [-0.2, -0.15) is 5.43 Å². The number of aromatic nitrogens is 1. The normalized spacial score (nSPS) is 16.9. The summed E-state index contributed by atoms with van der Waals surface area (Å²) >= 11 is 8.01. The SMILES string of the molecule is CC(C)(c1cn(Cc2csc3ccc(Cl)cc23)c2ccccc12)C1N=NNN1. The molecule has 2 aromatic heterocycles. The van der Waals surface area contributed by atoms with Crippen LogP contribution in [0.5, 0.6) is 0 Å². The van der Waals surface area contributed by atoms with E-state index in [1.54, 1.807) is 11.3 Å². The van der Waals surface area contributed by atoms with Crippen LogP contribution in [0.4, 0.5) is 0 Å². The lowest BCUT2D eigenvalue weighted by molar-refractivity contribution is 0.359. The molecule has 0 spiro atoms. The molecule has 5 rings (SSSR count). The van der Waals surface area contributed by atoms with Crippen molar-refractivity contribution in [3.63, 3.8) is 0 Å². The lowest BCUT2D eigenvalue weighted by atomic mass is 9.82. The van der Waals surface area contributed by atoms with Crippen molar-refractivity contribution in [1.29, 1.82) is 0 Å². The Morgan fingerprint density at radius 3 is 2.86 bits per heavy atom. The van der Waals surface area contributed by atoms with Crippen molar-refractivity contribution in [3.05, 3.63) is 70.2 Å². The van der Waals surface area contributed by atoms with Gasteiger partial charge in [0, 0.05) is 38.8 Å². The fourth-order valence-corrected chi connectivity index (χ4v) is 5.03. The van der Waals surface area contributed by atoms with Crippen LogP contribution in [0.2, 0.25) is 5.02 Å². The lowest BCUT2D eigenvalue weighted by Crippen LogP contribution is -2.44. The Hall–Kier alpha value is -2.41. The topological polar surface area (TPSA) is 53.7 Å². The Morgan fingerprint density at radius 2 is 2.04 bits per heavy atom. The van der Waals surface area contributed by atoms with E-state index in [0.29, 0.717) is 0 Å². The van der Waals surface area contributed by atoms with Crippen LogP contribution in [-0.2, 0) is 12.0 Å². The molecule has 1 aliphatic rings. The van der Waals surface area contributed by atoms with Gasteiger partial charge in [0.25, 0.3) is 0 Å². The van der Waals surface area contributed by atoms with Gasteiger partial charge in [0.1, 0.15) is 6.17 Å². The maximum Gasteiger partial charge on any atom is 0.150 e. The van der Waals surface area contributed by atoms with Gasteiger partial charge in [0.2, 0.25) is 0 Å². The largest absolute Gasteiger partial charge is 0.343 e. The van der Waals surface area contributed by atoms with Crippen molar-refractivity contribution in [2.75, 3.05) is 0 Å². The molecule has 0 saturated heterocycles. The molecular formula is C21H20ClN5S. The number of halogens is 1. The van der Waals surface area contributed by atoms with Crippen LogP contribution in [0, 0.1) is 0 Å². The number of nitrogens with one attached hydrogen (secondary N) is 2. The lowest BCUT2D eigenvalue weighted by Gasteiger charge is -2.27. The van der Waals surface area contributed by atoms with Crippen LogP contribution in [0.25, 0.3) is 21.0 Å². The van der Waals surface area contributed by atoms with Gasteiger partial charge in [-0.25, -0.2) is 5.53 Å². The minimum Gasteiger partial charge on any atom is -0.343 e. The highest BCUT2D eigenvalue weighted by Crippen LogP contribution is 2.37. The Kier molecular flexibility index (Phi) is 4.16. The maximum atomic E-state index is 6.25. The Balaban J connectivity index is 1.62. The first kappa shape index (κ1) is 17.7. The zero-order valence-electron chi connectivity index (χ0n) is 15.6. The minimum absolute atomic E-state index is 0.118. The van der Waals surface area contributed by atoms with Crippen LogP contribution < -0.4 is 11.0 Å². The van der Waals surface area contributed by atoms with Crippen molar-refractivity contribution in [2.24, 2.45) is 10.3 Å². The number of hydrogen-bond donors (Lipinski definition) is 2. The van der Waals surface area contributed by atoms with Gasteiger partial charge in [-0.1, -0.05) is 48.9 Å². The molecule has 0 saturated carbocycles. The van der Waals surface area contributed by atoms with Crippen LogP contribution >= 0.6 is 22.9 Å². The zero-order chi connectivity index (χ0) is 19.3. The van der Waals surface area contributed by atoms with Crippen LogP contribution in [0.15, 0.2) is 64.4 Å². The standard InChI is InChI=1S/C21H20ClN5S/c1-21(2,20-23-25-26-24-20)17-11-27(18-6-4-3-5-15(17)18)10-13-12-28-19-8-7-14(22)9-16(13)19/h3-9,11-12,20H,10H2,1-2H3,(H,23,26)(H,24,25). The summed E-state index contributed by atoms with van der Waals surface area (Å²) in [5.74, 6) is 0. The molecule has 0 radical (unpaired) electrons. The van der Waals surface area contributed by atoms with Crippen molar-refractivity contribution >= 4 is 43.9 Å². The van der Waals surface area contributed by atoms with E-state index in [4.69, 9.17) is 11.6 Å². The predicted octanol–water partition coefficient (Wildman–Crippen LogP) is 5.64. The molecule has 0 fully saturated rings. The molecule has 0 bridgehead atoms. The van der Waals surface area contributed by atoms with E-state index in [1.165, 1.54) is 32.1 Å². The quantitative estimate of drug-likeness (QED) is 0.458. The fourth-order valence-electron chi connectivity index (χ4n) is 3.93. The van der Waals surface area contributed by atoms with E-state index >= 15 is 0 Å². The van der Waals surface area contributed by atoms with Gasteiger partial charge in [-0.05, 0) is 46.2 Å². The zero-order valence-corrected chi connectivity index (χ0v) is 17.2. The first-order valence-corrected chi connectivity index (χ1v) is 10.4. The number of hydrogen-bond acceptors (Lipinski definition) is 5. The average molecular weight is 410 g/mol. The molecular weight excluding hydrogens is 390 g/mol. The highest BCUT2D eigenvalue weighted by molar-refractivity contribution is 7.17. The summed E-state index contributed by atoms with van der Waals surface area (Å²) in [6.07, 6.45) is 2.14. The highest BCUT2D eigenvalue weighted by atomic mass is 35.5. The van der Waals surface area contributed by atoms with Gasteiger partial charge >= 0.3 is 0 Å². The van der Waals surface area contributed by atoms with Gasteiger partial charge in [0.15, 0.2) is 0 Å². The predicted molar refractivity (Wildman–Crippen MR) is 116 cm³/mol. The molecule has 142 valence electrons. The number of benzene rings is 2. The second-order valence-corrected chi connectivity index (χ2v) is 9.03. The van der Waals surface area contributed by atoms with E-state index < -0.39 is 0 Å². The van der Waals surface area contributed by atoms with Gasteiger partial charge < -0.3 is 4.57 Å². The number of nitrogens with zero attached hydrogens (tertiary/aromatic N) is 3. The van der Waals surface area contributed by atoms with E-state index in [9.17, 15) is 0 Å². The average Bonchev–Trinajstić information content (AvgIpc) is 3.42. The van der Waals surface area contributed by atoms with E-state index in [0.717, 1.165) is 11.6 Å². The Bertz CT molecular complexity index is 1210. The van der Waals surface area contributed by atoms with Crippen LogP contribution in [0.3, 0.4) is 0 Å². The molecule has 4 aromatic rings. The third-order valence-corrected chi connectivity index (χ3v) is 6.79. The summed E-state index contributed by atoms with van der Waals surface area (Å²) in [5, 5.41) is 13.7.